The van der Waals surface area contributed by atoms with Crippen molar-refractivity contribution >= 4 is 23.6 Å². The lowest BCUT2D eigenvalue weighted by Gasteiger charge is -2.17. The van der Waals surface area contributed by atoms with Gasteiger partial charge in [-0.1, -0.05) is 11.6 Å². The molecule has 3 nitrogen and oxygen atoms in total. The van der Waals surface area contributed by atoms with E-state index in [0.717, 1.165) is 12.1 Å². The van der Waals surface area contributed by atoms with Gasteiger partial charge in [0.25, 0.3) is 0 Å². The molecule has 0 unspecified atom stereocenters. The Labute approximate surface area is 116 Å². The molecule has 0 N–H and O–H groups in total. The lowest BCUT2D eigenvalue weighted by molar-refractivity contribution is -0.148. The molecule has 1 rings (SSSR count). The fourth-order valence-electron chi connectivity index (χ4n) is 1.27. The number of hydrogen-bond donors (Lipinski definition) is 0. The normalized spacial score (nSPS) is 11.4. The van der Waals surface area contributed by atoms with E-state index in [2.05, 4.69) is 0 Å². The number of halogens is 2. The van der Waals surface area contributed by atoms with E-state index in [1.807, 2.05) is 0 Å². The van der Waals surface area contributed by atoms with Gasteiger partial charge in [-0.15, -0.1) is 0 Å². The summed E-state index contributed by atoms with van der Waals surface area (Å²) >= 11 is 5.78. The highest BCUT2D eigenvalue weighted by Gasteiger charge is 2.14. The van der Waals surface area contributed by atoms with E-state index in [0.29, 0.717) is 0 Å². The lowest BCUT2D eigenvalue weighted by atomic mass is 10.1. The van der Waals surface area contributed by atoms with Crippen molar-refractivity contribution < 1.29 is 13.9 Å². The van der Waals surface area contributed by atoms with Crippen molar-refractivity contribution in [2.45, 2.75) is 26.4 Å². The molecule has 1 aromatic carbocycles. The van der Waals surface area contributed by atoms with Crippen LogP contribution >= 0.6 is 11.6 Å². The second-order valence-corrected chi connectivity index (χ2v) is 5.24. The van der Waals surface area contributed by atoms with E-state index in [9.17, 15) is 9.18 Å². The third-order valence-corrected chi connectivity index (χ3v) is 2.33. The molecule has 0 atom stereocenters. The minimum absolute atomic E-state index is 0.0496. The summed E-state index contributed by atoms with van der Waals surface area (Å²) in [6.07, 6.45) is 2.38. The van der Waals surface area contributed by atoms with Gasteiger partial charge in [0.1, 0.15) is 17.5 Å². The van der Waals surface area contributed by atoms with E-state index in [-0.39, 0.29) is 16.1 Å². The average molecular weight is 282 g/mol. The third kappa shape index (κ3) is 4.72. The zero-order valence-electron chi connectivity index (χ0n) is 10.8. The Morgan fingerprint density at radius 2 is 2.11 bits per heavy atom. The van der Waals surface area contributed by atoms with Crippen molar-refractivity contribution in [3.63, 3.8) is 0 Å². The molecule has 0 heterocycles. The summed E-state index contributed by atoms with van der Waals surface area (Å²) in [5.41, 5.74) is -0.439. The van der Waals surface area contributed by atoms with Crippen LogP contribution in [0.25, 0.3) is 6.08 Å². The molecule has 0 aromatic heterocycles. The molecular formula is C14H13ClFNO2. The number of benzene rings is 1. The van der Waals surface area contributed by atoms with Crippen LogP contribution in [0.5, 0.6) is 0 Å². The van der Waals surface area contributed by atoms with Gasteiger partial charge in [-0.2, -0.15) is 5.26 Å². The summed E-state index contributed by atoms with van der Waals surface area (Å²) in [6, 6.07) is 4.08. The first kappa shape index (κ1) is 15.2. The van der Waals surface area contributed by atoms with Gasteiger partial charge < -0.3 is 4.74 Å². The summed E-state index contributed by atoms with van der Waals surface area (Å²) in [5, 5.41) is 8.82. The van der Waals surface area contributed by atoms with Gasteiger partial charge in [-0.3, -0.25) is 0 Å². The molecule has 19 heavy (non-hydrogen) atoms. The second kappa shape index (κ2) is 5.85. The Kier molecular flexibility index (Phi) is 4.68. The van der Waals surface area contributed by atoms with E-state index in [4.69, 9.17) is 21.6 Å². The minimum Gasteiger partial charge on any atom is -0.457 e. The number of nitriles is 1. The highest BCUT2D eigenvalue weighted by Crippen LogP contribution is 2.21. The van der Waals surface area contributed by atoms with Gasteiger partial charge in [-0.25, -0.2) is 9.18 Å². The first-order valence-corrected chi connectivity index (χ1v) is 5.91. The maximum atomic E-state index is 13.6. The molecule has 0 aliphatic rings. The number of ether oxygens (including phenoxy) is 1. The van der Waals surface area contributed by atoms with Crippen LogP contribution in [-0.2, 0) is 9.53 Å². The van der Waals surface area contributed by atoms with Crippen LogP contribution in [0.1, 0.15) is 31.9 Å². The SMILES string of the molecule is CC(C)(C)OC(=O)/C=C/c1cc(Cl)c(C#N)cc1F. The van der Waals surface area contributed by atoms with Crippen LogP contribution in [0.3, 0.4) is 0 Å². The van der Waals surface area contributed by atoms with E-state index < -0.39 is 17.4 Å². The Hall–Kier alpha value is -1.86. The summed E-state index contributed by atoms with van der Waals surface area (Å²) in [4.78, 5) is 11.4. The van der Waals surface area contributed by atoms with Crippen molar-refractivity contribution in [2.24, 2.45) is 0 Å². The fraction of sp³-hybridized carbons (Fsp3) is 0.286. The van der Waals surface area contributed by atoms with Gasteiger partial charge in [-0.05, 0) is 39.0 Å². The summed E-state index contributed by atoms with van der Waals surface area (Å²) in [5.74, 6) is -1.20. The number of nitrogens with zero attached hydrogens (tertiary/aromatic N) is 1. The number of rotatable bonds is 2. The van der Waals surface area contributed by atoms with Crippen LogP contribution < -0.4 is 0 Å². The Bertz CT molecular complexity index is 568. The monoisotopic (exact) mass is 281 g/mol. The molecule has 0 aliphatic carbocycles. The van der Waals surface area contributed by atoms with Crippen LogP contribution in [0.4, 0.5) is 4.39 Å². The molecule has 1 aromatic rings. The minimum atomic E-state index is -0.624. The second-order valence-electron chi connectivity index (χ2n) is 4.83. The van der Waals surface area contributed by atoms with Crippen LogP contribution in [0.15, 0.2) is 18.2 Å². The summed E-state index contributed by atoms with van der Waals surface area (Å²) in [7, 11) is 0. The highest BCUT2D eigenvalue weighted by molar-refractivity contribution is 6.31. The molecule has 0 spiro atoms. The maximum Gasteiger partial charge on any atom is 0.331 e. The van der Waals surface area contributed by atoms with Crippen molar-refractivity contribution in [3.05, 3.63) is 40.2 Å². The zero-order chi connectivity index (χ0) is 14.6. The Morgan fingerprint density at radius 3 is 2.63 bits per heavy atom. The van der Waals surface area contributed by atoms with Crippen molar-refractivity contribution in [3.8, 4) is 6.07 Å². The highest BCUT2D eigenvalue weighted by atomic mass is 35.5. The smallest absolute Gasteiger partial charge is 0.331 e. The van der Waals surface area contributed by atoms with Crippen molar-refractivity contribution in [2.75, 3.05) is 0 Å². The number of esters is 1. The van der Waals surface area contributed by atoms with Gasteiger partial charge in [0.2, 0.25) is 0 Å². The Balaban J connectivity index is 2.92. The molecule has 0 aliphatic heterocycles. The Morgan fingerprint density at radius 1 is 1.47 bits per heavy atom. The zero-order valence-corrected chi connectivity index (χ0v) is 11.6. The van der Waals surface area contributed by atoms with Crippen LogP contribution in [-0.4, -0.2) is 11.6 Å². The fourth-order valence-corrected chi connectivity index (χ4v) is 1.48. The molecule has 0 radical (unpaired) electrons. The van der Waals surface area contributed by atoms with Gasteiger partial charge >= 0.3 is 5.97 Å². The maximum absolute atomic E-state index is 13.6. The lowest BCUT2D eigenvalue weighted by Crippen LogP contribution is -2.22. The van der Waals surface area contributed by atoms with Crippen LogP contribution in [0, 0.1) is 17.1 Å². The third-order valence-electron chi connectivity index (χ3n) is 2.01. The molecule has 100 valence electrons. The van der Waals surface area contributed by atoms with Crippen molar-refractivity contribution in [1.82, 2.24) is 0 Å². The summed E-state index contributed by atoms with van der Waals surface area (Å²) < 4.78 is 18.6. The topological polar surface area (TPSA) is 50.1 Å². The molecular weight excluding hydrogens is 269 g/mol. The van der Waals surface area contributed by atoms with E-state index in [1.165, 1.54) is 12.1 Å². The van der Waals surface area contributed by atoms with Gasteiger partial charge in [0.15, 0.2) is 0 Å². The quantitative estimate of drug-likeness (QED) is 0.613. The average Bonchev–Trinajstić information content (AvgIpc) is 2.27. The molecule has 5 heteroatoms. The largest absolute Gasteiger partial charge is 0.457 e. The standard InChI is InChI=1S/C14H13ClFNO2/c1-14(2,3)19-13(18)5-4-9-6-11(15)10(8-17)7-12(9)16/h4-7H,1-3H3/b5-4+. The van der Waals surface area contributed by atoms with Gasteiger partial charge in [0, 0.05) is 11.6 Å². The van der Waals surface area contributed by atoms with Crippen molar-refractivity contribution in [1.29, 1.82) is 5.26 Å². The molecule has 0 saturated carbocycles. The van der Waals surface area contributed by atoms with E-state index in [1.54, 1.807) is 26.8 Å². The molecule has 0 amide bonds. The predicted molar refractivity (Wildman–Crippen MR) is 71.0 cm³/mol. The number of hydrogen-bond acceptors (Lipinski definition) is 3. The molecule has 0 fully saturated rings. The number of carbonyl (C=O) groups is 1. The van der Waals surface area contributed by atoms with E-state index >= 15 is 0 Å². The van der Waals surface area contributed by atoms with Crippen LogP contribution in [0.2, 0.25) is 5.02 Å². The summed E-state index contributed by atoms with van der Waals surface area (Å²) in [6.45, 7) is 5.20. The molecule has 0 saturated heterocycles. The first-order valence-electron chi connectivity index (χ1n) is 5.53. The first-order chi connectivity index (χ1) is 8.73. The number of carbonyl (C=O) groups excluding carboxylic acids is 1. The van der Waals surface area contributed by atoms with Gasteiger partial charge in [0.05, 0.1) is 10.6 Å². The molecule has 0 bridgehead atoms. The predicted octanol–water partition coefficient (Wildman–Crippen LogP) is 3.71.